The number of rotatable bonds is 6. The molecule has 1 aliphatic rings. The molecule has 1 saturated heterocycles. The van der Waals surface area contributed by atoms with Gasteiger partial charge < -0.3 is 9.84 Å². The molecule has 0 aliphatic carbocycles. The van der Waals surface area contributed by atoms with Crippen molar-refractivity contribution >= 4 is 0 Å². The van der Waals surface area contributed by atoms with Crippen molar-refractivity contribution in [2.24, 2.45) is 0 Å². The summed E-state index contributed by atoms with van der Waals surface area (Å²) in [5.74, 6) is 0. The Morgan fingerprint density at radius 2 is 2.00 bits per heavy atom. The number of benzene rings is 1. The van der Waals surface area contributed by atoms with Crippen LogP contribution in [0.3, 0.4) is 0 Å². The number of aliphatic hydroxyl groups excluding tert-OH is 1. The fraction of sp³-hybridized carbons (Fsp3) is 0.647. The van der Waals surface area contributed by atoms with Gasteiger partial charge in [0.1, 0.15) is 0 Å². The first kappa shape index (κ1) is 15.5. The molecule has 2 rings (SSSR count). The predicted octanol–water partition coefficient (Wildman–Crippen LogP) is 2.67. The average Bonchev–Trinajstić information content (AvgIpc) is 2.45. The molecule has 0 aromatic heterocycles. The van der Waals surface area contributed by atoms with E-state index in [1.165, 1.54) is 16.7 Å². The summed E-state index contributed by atoms with van der Waals surface area (Å²) >= 11 is 0. The van der Waals surface area contributed by atoms with Crippen molar-refractivity contribution in [3.63, 3.8) is 0 Å². The lowest BCUT2D eigenvalue weighted by molar-refractivity contribution is 0.000757. The van der Waals surface area contributed by atoms with Gasteiger partial charge in [-0.15, -0.1) is 0 Å². The summed E-state index contributed by atoms with van der Waals surface area (Å²) in [7, 11) is 0. The highest BCUT2D eigenvalue weighted by molar-refractivity contribution is 5.30. The first-order valence-corrected chi connectivity index (χ1v) is 7.70. The van der Waals surface area contributed by atoms with Crippen LogP contribution in [0.1, 0.15) is 36.0 Å². The smallest absolute Gasteiger partial charge is 0.0599 e. The Bertz CT molecular complexity index is 411. The van der Waals surface area contributed by atoms with Crippen LogP contribution in [-0.4, -0.2) is 42.4 Å². The number of aryl methyl sites for hydroxylation is 2. The fourth-order valence-corrected chi connectivity index (χ4v) is 2.76. The Balaban J connectivity index is 1.78. The summed E-state index contributed by atoms with van der Waals surface area (Å²) in [5.41, 5.74) is 4.18. The molecule has 0 unspecified atom stereocenters. The number of hydrogen-bond acceptors (Lipinski definition) is 3. The molecular weight excluding hydrogens is 250 g/mol. The zero-order valence-electron chi connectivity index (χ0n) is 12.8. The largest absolute Gasteiger partial charge is 0.396 e. The molecule has 1 aromatic carbocycles. The summed E-state index contributed by atoms with van der Waals surface area (Å²) < 4.78 is 5.78. The topological polar surface area (TPSA) is 32.7 Å². The standard InChI is InChI=1S/C17H27NO2/c1-14-4-5-15(2)16(12-14)13-18-8-6-17(7-9-18)20-11-3-10-19/h4-5,12,17,19H,3,6-11,13H2,1-2H3. The molecular formula is C17H27NO2. The molecule has 0 saturated carbocycles. The minimum Gasteiger partial charge on any atom is -0.396 e. The quantitative estimate of drug-likeness (QED) is 0.812. The summed E-state index contributed by atoms with van der Waals surface area (Å²) in [6.45, 7) is 8.54. The molecule has 0 atom stereocenters. The Hall–Kier alpha value is -0.900. The van der Waals surface area contributed by atoms with Gasteiger partial charge >= 0.3 is 0 Å². The Labute approximate surface area is 122 Å². The van der Waals surface area contributed by atoms with E-state index in [0.717, 1.165) is 38.9 Å². The van der Waals surface area contributed by atoms with E-state index >= 15 is 0 Å². The van der Waals surface area contributed by atoms with Crippen LogP contribution in [0.15, 0.2) is 18.2 Å². The van der Waals surface area contributed by atoms with Crippen LogP contribution in [0.2, 0.25) is 0 Å². The third-order valence-electron chi connectivity index (χ3n) is 4.09. The normalized spacial score (nSPS) is 17.6. The van der Waals surface area contributed by atoms with E-state index in [1.54, 1.807) is 0 Å². The maximum Gasteiger partial charge on any atom is 0.0599 e. The number of piperidine rings is 1. The third-order valence-corrected chi connectivity index (χ3v) is 4.09. The van der Waals surface area contributed by atoms with Crippen molar-refractivity contribution in [3.8, 4) is 0 Å². The van der Waals surface area contributed by atoms with Crippen LogP contribution >= 0.6 is 0 Å². The molecule has 0 bridgehead atoms. The van der Waals surface area contributed by atoms with E-state index in [1.807, 2.05) is 0 Å². The van der Waals surface area contributed by atoms with E-state index in [-0.39, 0.29) is 6.61 Å². The molecule has 1 aliphatic heterocycles. The molecule has 0 spiro atoms. The number of nitrogens with zero attached hydrogens (tertiary/aromatic N) is 1. The van der Waals surface area contributed by atoms with Crippen molar-refractivity contribution in [3.05, 3.63) is 34.9 Å². The van der Waals surface area contributed by atoms with Crippen molar-refractivity contribution in [2.75, 3.05) is 26.3 Å². The van der Waals surface area contributed by atoms with Crippen LogP contribution in [0.5, 0.6) is 0 Å². The van der Waals surface area contributed by atoms with E-state index in [9.17, 15) is 0 Å². The molecule has 0 radical (unpaired) electrons. The number of hydrogen-bond donors (Lipinski definition) is 1. The lowest BCUT2D eigenvalue weighted by Crippen LogP contribution is -2.36. The first-order valence-electron chi connectivity index (χ1n) is 7.70. The minimum atomic E-state index is 0.228. The Kier molecular flexibility index (Phi) is 6.02. The second-order valence-electron chi connectivity index (χ2n) is 5.85. The average molecular weight is 277 g/mol. The lowest BCUT2D eigenvalue weighted by Gasteiger charge is -2.32. The van der Waals surface area contributed by atoms with Gasteiger partial charge in [0, 0.05) is 32.8 Å². The predicted molar refractivity (Wildman–Crippen MR) is 81.9 cm³/mol. The third kappa shape index (κ3) is 4.58. The second kappa shape index (κ2) is 7.77. The molecule has 3 heteroatoms. The maximum absolute atomic E-state index is 8.76. The minimum absolute atomic E-state index is 0.228. The molecule has 1 N–H and O–H groups in total. The van der Waals surface area contributed by atoms with Crippen molar-refractivity contribution in [1.29, 1.82) is 0 Å². The number of ether oxygens (including phenoxy) is 1. The summed E-state index contributed by atoms with van der Waals surface area (Å²) in [6.07, 6.45) is 3.35. The SMILES string of the molecule is Cc1ccc(C)c(CN2CCC(OCCCO)CC2)c1. The van der Waals surface area contributed by atoms with Gasteiger partial charge in [-0.25, -0.2) is 0 Å². The second-order valence-corrected chi connectivity index (χ2v) is 5.85. The zero-order valence-corrected chi connectivity index (χ0v) is 12.8. The lowest BCUT2D eigenvalue weighted by atomic mass is 10.0. The maximum atomic E-state index is 8.76. The molecule has 1 fully saturated rings. The van der Waals surface area contributed by atoms with Gasteiger partial charge in [-0.2, -0.15) is 0 Å². The van der Waals surface area contributed by atoms with E-state index < -0.39 is 0 Å². The molecule has 20 heavy (non-hydrogen) atoms. The van der Waals surface area contributed by atoms with Gasteiger partial charge in [0.15, 0.2) is 0 Å². The monoisotopic (exact) mass is 277 g/mol. The summed E-state index contributed by atoms with van der Waals surface area (Å²) in [6, 6.07) is 6.70. The van der Waals surface area contributed by atoms with Crippen LogP contribution < -0.4 is 0 Å². The van der Waals surface area contributed by atoms with Crippen LogP contribution in [0.25, 0.3) is 0 Å². The van der Waals surface area contributed by atoms with Crippen LogP contribution in [-0.2, 0) is 11.3 Å². The number of aliphatic hydroxyl groups is 1. The Morgan fingerprint density at radius 1 is 1.25 bits per heavy atom. The van der Waals surface area contributed by atoms with Crippen molar-refractivity contribution in [1.82, 2.24) is 4.90 Å². The van der Waals surface area contributed by atoms with Gasteiger partial charge in [0.25, 0.3) is 0 Å². The number of likely N-dealkylation sites (tertiary alicyclic amines) is 1. The summed E-state index contributed by atoms with van der Waals surface area (Å²) in [5, 5.41) is 8.76. The molecule has 1 heterocycles. The van der Waals surface area contributed by atoms with Gasteiger partial charge in [0.2, 0.25) is 0 Å². The fourth-order valence-electron chi connectivity index (χ4n) is 2.76. The van der Waals surface area contributed by atoms with Gasteiger partial charge in [-0.05, 0) is 44.2 Å². The van der Waals surface area contributed by atoms with Crippen molar-refractivity contribution < 1.29 is 9.84 Å². The Morgan fingerprint density at radius 3 is 2.70 bits per heavy atom. The zero-order chi connectivity index (χ0) is 14.4. The van der Waals surface area contributed by atoms with Gasteiger partial charge in [0.05, 0.1) is 6.10 Å². The van der Waals surface area contributed by atoms with Crippen molar-refractivity contribution in [2.45, 2.75) is 45.8 Å². The van der Waals surface area contributed by atoms with E-state index in [4.69, 9.17) is 9.84 Å². The first-order chi connectivity index (χ1) is 9.69. The highest BCUT2D eigenvalue weighted by Crippen LogP contribution is 2.19. The van der Waals surface area contributed by atoms with E-state index in [0.29, 0.717) is 12.7 Å². The molecule has 3 nitrogen and oxygen atoms in total. The molecule has 112 valence electrons. The summed E-state index contributed by atoms with van der Waals surface area (Å²) in [4.78, 5) is 2.52. The molecule has 0 amide bonds. The van der Waals surface area contributed by atoms with E-state index in [2.05, 4.69) is 36.9 Å². The molecule has 1 aromatic rings. The highest BCUT2D eigenvalue weighted by Gasteiger charge is 2.19. The van der Waals surface area contributed by atoms with Crippen LogP contribution in [0.4, 0.5) is 0 Å². The van der Waals surface area contributed by atoms with Gasteiger partial charge in [-0.1, -0.05) is 23.8 Å². The van der Waals surface area contributed by atoms with Gasteiger partial charge in [-0.3, -0.25) is 4.90 Å². The van der Waals surface area contributed by atoms with Crippen LogP contribution in [0, 0.1) is 13.8 Å². The highest BCUT2D eigenvalue weighted by atomic mass is 16.5.